The molecule has 0 aliphatic carbocycles. The van der Waals surface area contributed by atoms with Gasteiger partial charge in [-0.2, -0.15) is 0 Å². The maximum absolute atomic E-state index is 13.4. The summed E-state index contributed by atoms with van der Waals surface area (Å²) in [6.07, 6.45) is 0. The quantitative estimate of drug-likeness (QED) is 0.594. The second kappa shape index (κ2) is 6.21. The third-order valence-electron chi connectivity index (χ3n) is 2.82. The zero-order valence-corrected chi connectivity index (χ0v) is 13.1. The summed E-state index contributed by atoms with van der Waals surface area (Å²) in [6, 6.07) is 9.34. The standard InChI is InChI=1S/C15H12FIO3/c1-19-13-6-4-10(17)8-11(13)15(18)9-3-5-12(16)14(7-9)20-2/h3-8H,1-2H3. The minimum atomic E-state index is -0.501. The van der Waals surface area contributed by atoms with Crippen LogP contribution in [0.15, 0.2) is 36.4 Å². The van der Waals surface area contributed by atoms with Crippen molar-refractivity contribution in [3.8, 4) is 11.5 Å². The third-order valence-corrected chi connectivity index (χ3v) is 3.49. The van der Waals surface area contributed by atoms with Crippen molar-refractivity contribution in [1.82, 2.24) is 0 Å². The fourth-order valence-electron chi connectivity index (χ4n) is 1.81. The molecule has 0 saturated carbocycles. The van der Waals surface area contributed by atoms with E-state index in [1.54, 1.807) is 12.1 Å². The molecule has 0 radical (unpaired) electrons. The topological polar surface area (TPSA) is 35.5 Å². The third kappa shape index (κ3) is 2.92. The molecule has 2 rings (SSSR count). The molecule has 0 aliphatic rings. The van der Waals surface area contributed by atoms with E-state index in [4.69, 9.17) is 9.47 Å². The number of ketones is 1. The highest BCUT2D eigenvalue weighted by Crippen LogP contribution is 2.26. The van der Waals surface area contributed by atoms with Gasteiger partial charge < -0.3 is 9.47 Å². The van der Waals surface area contributed by atoms with Crippen LogP contribution in [0.4, 0.5) is 4.39 Å². The Morgan fingerprint density at radius 3 is 2.40 bits per heavy atom. The number of carbonyl (C=O) groups excluding carboxylic acids is 1. The molecule has 0 unspecified atom stereocenters. The summed E-state index contributed by atoms with van der Waals surface area (Å²) in [5.41, 5.74) is 0.789. The van der Waals surface area contributed by atoms with E-state index in [-0.39, 0.29) is 11.5 Å². The Bertz CT molecular complexity index is 656. The van der Waals surface area contributed by atoms with Crippen molar-refractivity contribution < 1.29 is 18.7 Å². The van der Waals surface area contributed by atoms with Gasteiger partial charge >= 0.3 is 0 Å². The van der Waals surface area contributed by atoms with Crippen LogP contribution in [0, 0.1) is 9.39 Å². The average Bonchev–Trinajstić information content (AvgIpc) is 2.47. The molecule has 0 spiro atoms. The number of rotatable bonds is 4. The molecule has 0 N–H and O–H groups in total. The second-order valence-electron chi connectivity index (χ2n) is 4.02. The first kappa shape index (κ1) is 14.8. The van der Waals surface area contributed by atoms with Crippen molar-refractivity contribution in [2.75, 3.05) is 14.2 Å². The van der Waals surface area contributed by atoms with Gasteiger partial charge in [0.25, 0.3) is 0 Å². The van der Waals surface area contributed by atoms with Gasteiger partial charge in [-0.25, -0.2) is 4.39 Å². The number of ether oxygens (including phenoxy) is 2. The van der Waals surface area contributed by atoms with E-state index in [0.29, 0.717) is 16.9 Å². The van der Waals surface area contributed by atoms with E-state index in [1.165, 1.54) is 32.4 Å². The maximum Gasteiger partial charge on any atom is 0.196 e. The Morgan fingerprint density at radius 2 is 1.75 bits per heavy atom. The number of hydrogen-bond donors (Lipinski definition) is 0. The highest BCUT2D eigenvalue weighted by Gasteiger charge is 2.16. The maximum atomic E-state index is 13.4. The van der Waals surface area contributed by atoms with Gasteiger partial charge in [0, 0.05) is 9.13 Å². The molecule has 0 aliphatic heterocycles. The van der Waals surface area contributed by atoms with Crippen molar-refractivity contribution in [2.24, 2.45) is 0 Å². The number of methoxy groups -OCH3 is 2. The summed E-state index contributed by atoms with van der Waals surface area (Å²) >= 11 is 2.12. The second-order valence-corrected chi connectivity index (χ2v) is 5.27. The molecule has 5 heteroatoms. The van der Waals surface area contributed by atoms with Gasteiger partial charge in [-0.15, -0.1) is 0 Å². The van der Waals surface area contributed by atoms with Crippen LogP contribution >= 0.6 is 22.6 Å². The minimum absolute atomic E-state index is 0.0421. The lowest BCUT2D eigenvalue weighted by atomic mass is 10.0. The van der Waals surface area contributed by atoms with E-state index in [2.05, 4.69) is 22.6 Å². The molecule has 104 valence electrons. The molecule has 0 bridgehead atoms. The first-order chi connectivity index (χ1) is 9.56. The molecule has 0 fully saturated rings. The summed E-state index contributed by atoms with van der Waals surface area (Å²) in [6.45, 7) is 0. The molecular weight excluding hydrogens is 374 g/mol. The monoisotopic (exact) mass is 386 g/mol. The van der Waals surface area contributed by atoms with Gasteiger partial charge in [-0.1, -0.05) is 0 Å². The van der Waals surface area contributed by atoms with Gasteiger partial charge in [0.1, 0.15) is 5.75 Å². The summed E-state index contributed by atoms with van der Waals surface area (Å²) in [4.78, 5) is 12.5. The zero-order valence-electron chi connectivity index (χ0n) is 10.9. The molecule has 3 nitrogen and oxygen atoms in total. The van der Waals surface area contributed by atoms with Gasteiger partial charge in [0.05, 0.1) is 19.8 Å². The number of halogens is 2. The lowest BCUT2D eigenvalue weighted by Crippen LogP contribution is -2.05. The summed E-state index contributed by atoms with van der Waals surface area (Å²) < 4.78 is 24.4. The van der Waals surface area contributed by atoms with Crippen LogP contribution < -0.4 is 9.47 Å². The largest absolute Gasteiger partial charge is 0.496 e. The summed E-state index contributed by atoms with van der Waals surface area (Å²) in [5, 5.41) is 0. The Hall–Kier alpha value is -1.63. The Morgan fingerprint density at radius 1 is 1.05 bits per heavy atom. The van der Waals surface area contributed by atoms with Crippen molar-refractivity contribution >= 4 is 28.4 Å². The Balaban J connectivity index is 2.48. The van der Waals surface area contributed by atoms with E-state index < -0.39 is 5.82 Å². The van der Waals surface area contributed by atoms with Crippen LogP contribution in [0.1, 0.15) is 15.9 Å². The van der Waals surface area contributed by atoms with Crippen molar-refractivity contribution in [3.05, 3.63) is 56.9 Å². The predicted octanol–water partition coefficient (Wildman–Crippen LogP) is 3.68. The van der Waals surface area contributed by atoms with Crippen LogP contribution in [0.25, 0.3) is 0 Å². The Labute approximate surface area is 129 Å². The van der Waals surface area contributed by atoms with E-state index >= 15 is 0 Å². The summed E-state index contributed by atoms with van der Waals surface area (Å²) in [7, 11) is 2.86. The zero-order chi connectivity index (χ0) is 14.7. The predicted molar refractivity (Wildman–Crippen MR) is 82.1 cm³/mol. The molecular formula is C15H12FIO3. The Kier molecular flexibility index (Phi) is 4.59. The number of carbonyl (C=O) groups is 1. The highest BCUT2D eigenvalue weighted by atomic mass is 127. The van der Waals surface area contributed by atoms with Crippen LogP contribution in [-0.2, 0) is 0 Å². The molecule has 0 amide bonds. The van der Waals surface area contributed by atoms with Crippen molar-refractivity contribution in [2.45, 2.75) is 0 Å². The molecule has 0 aromatic heterocycles. The van der Waals surface area contributed by atoms with Crippen LogP contribution in [0.3, 0.4) is 0 Å². The van der Waals surface area contributed by atoms with Crippen LogP contribution in [0.5, 0.6) is 11.5 Å². The molecule has 2 aromatic carbocycles. The first-order valence-electron chi connectivity index (χ1n) is 5.78. The molecule has 0 atom stereocenters. The number of benzene rings is 2. The lowest BCUT2D eigenvalue weighted by Gasteiger charge is -2.09. The summed E-state index contributed by atoms with van der Waals surface area (Å²) in [5.74, 6) is -0.212. The molecule has 2 aromatic rings. The minimum Gasteiger partial charge on any atom is -0.496 e. The van der Waals surface area contributed by atoms with Crippen LogP contribution in [-0.4, -0.2) is 20.0 Å². The molecule has 20 heavy (non-hydrogen) atoms. The van der Waals surface area contributed by atoms with Crippen LogP contribution in [0.2, 0.25) is 0 Å². The fourth-order valence-corrected chi connectivity index (χ4v) is 2.31. The van der Waals surface area contributed by atoms with Gasteiger partial charge in [0.2, 0.25) is 0 Å². The fraction of sp³-hybridized carbons (Fsp3) is 0.133. The smallest absolute Gasteiger partial charge is 0.196 e. The SMILES string of the molecule is COc1cc(C(=O)c2cc(I)ccc2OC)ccc1F. The molecule has 0 saturated heterocycles. The van der Waals surface area contributed by atoms with Gasteiger partial charge in [0.15, 0.2) is 17.3 Å². The van der Waals surface area contributed by atoms with E-state index in [0.717, 1.165) is 3.57 Å². The van der Waals surface area contributed by atoms with Crippen molar-refractivity contribution in [1.29, 1.82) is 0 Å². The highest BCUT2D eigenvalue weighted by molar-refractivity contribution is 14.1. The van der Waals surface area contributed by atoms with Gasteiger partial charge in [-0.3, -0.25) is 4.79 Å². The average molecular weight is 386 g/mol. The van der Waals surface area contributed by atoms with E-state index in [9.17, 15) is 9.18 Å². The van der Waals surface area contributed by atoms with E-state index in [1.807, 2.05) is 6.07 Å². The van der Waals surface area contributed by atoms with Gasteiger partial charge in [-0.05, 0) is 59.0 Å². The normalized spacial score (nSPS) is 10.2. The molecule has 0 heterocycles. The van der Waals surface area contributed by atoms with Crippen molar-refractivity contribution in [3.63, 3.8) is 0 Å². The first-order valence-corrected chi connectivity index (χ1v) is 6.86. The lowest BCUT2D eigenvalue weighted by molar-refractivity contribution is 0.103. The number of hydrogen-bond acceptors (Lipinski definition) is 3.